The van der Waals surface area contributed by atoms with E-state index in [1.165, 1.54) is 56.1 Å². The monoisotopic (exact) mass is 2070 g/mol. The van der Waals surface area contributed by atoms with Crippen LogP contribution in [0.25, 0.3) is 0 Å². The first kappa shape index (κ1) is 126. The normalized spacial score (nSPS) is 13.4. The third kappa shape index (κ3) is 56.2. The molecule has 38 nitrogen and oxygen atoms in total. The van der Waals surface area contributed by atoms with Gasteiger partial charge in [0, 0.05) is 103 Å². The Balaban J connectivity index is 0.000000377. The number of aromatic hydroxyl groups is 2. The maximum Gasteiger partial charge on any atom is 1.00 e. The van der Waals surface area contributed by atoms with Gasteiger partial charge >= 0.3 is 42.7 Å². The first-order valence-corrected chi connectivity index (χ1v) is 49.2. The Morgan fingerprint density at radius 3 is 1.21 bits per heavy atom. The predicted octanol–water partition coefficient (Wildman–Crippen LogP) is 7.35. The maximum atomic E-state index is 12.6. The number of alkyl halides is 1. The summed E-state index contributed by atoms with van der Waals surface area (Å²) in [4.78, 5) is 89.5. The number of rotatable bonds is 42. The van der Waals surface area contributed by atoms with E-state index in [2.05, 4.69) is 80.4 Å². The average Bonchev–Trinajstić information content (AvgIpc) is 1.66. The molecule has 14 rings (SSSR count). The van der Waals surface area contributed by atoms with Crippen LogP contribution in [-0.2, 0) is 131 Å². The van der Waals surface area contributed by atoms with Crippen molar-refractivity contribution < 1.29 is 126 Å². The minimum atomic E-state index is -0.828. The number of carbonyl (C=O) groups is 7. The molecule has 788 valence electrons. The molecule has 3 aromatic heterocycles. The van der Waals surface area contributed by atoms with Gasteiger partial charge < -0.3 is 107 Å². The summed E-state index contributed by atoms with van der Waals surface area (Å²) in [7, 11) is 4.07. The van der Waals surface area contributed by atoms with Crippen molar-refractivity contribution in [2.24, 2.45) is 11.5 Å². The fourth-order valence-electron chi connectivity index (χ4n) is 13.9. The number of benzene rings is 7. The number of phenolic OH excluding ortho intramolecular Hbond substituents is 2. The number of nitrogens with two attached hydrogens (primary N) is 3. The number of amides is 3. The third-order valence-electron chi connectivity index (χ3n) is 21.3. The first-order chi connectivity index (χ1) is 69.0. The van der Waals surface area contributed by atoms with E-state index in [0.717, 1.165) is 261 Å². The number of allylic oxidation sites excluding steroid dienone is 3. The van der Waals surface area contributed by atoms with Crippen LogP contribution >= 0.6 is 34.3 Å². The number of aryl methyl sites for hydroxylation is 3. The van der Waals surface area contributed by atoms with E-state index in [4.69, 9.17) is 77.3 Å². The molecule has 4 saturated heterocycles. The number of carboxylic acid groups (broad SMARTS) is 1. The molecule has 10 aromatic rings. The van der Waals surface area contributed by atoms with Crippen LogP contribution in [0.3, 0.4) is 0 Å². The fraction of sp³-hybridized carbons (Fsp3) is 0.413. The second-order valence-electron chi connectivity index (χ2n) is 32.5. The van der Waals surface area contributed by atoms with Crippen molar-refractivity contribution in [1.82, 2.24) is 55.5 Å². The molecule has 146 heavy (non-hydrogen) atoms. The van der Waals surface area contributed by atoms with Crippen LogP contribution < -0.4 is 66.2 Å². The number of phenols is 2. The molecular formula is C104H140ClLiN16O22S2. The molecule has 0 saturated carbocycles. The number of aromatic nitrogens is 6. The molecule has 0 atom stereocenters. The number of hydrogen-bond acceptors (Lipinski definition) is 35. The van der Waals surface area contributed by atoms with Crippen LogP contribution in [0.2, 0.25) is 0 Å². The molecule has 3 amide bonds. The zero-order valence-electron chi connectivity index (χ0n) is 82.8. The third-order valence-corrected chi connectivity index (χ3v) is 23.2. The Kier molecular flexibility index (Phi) is 64.7. The number of nitrogens with one attached hydrogen (secondary N) is 3. The summed E-state index contributed by atoms with van der Waals surface area (Å²) in [6.45, 7) is 19.7. The number of aliphatic carboxylic acids is 1. The largest absolute Gasteiger partial charge is 1.00 e. The maximum absolute atomic E-state index is 12.6. The van der Waals surface area contributed by atoms with E-state index in [1.54, 1.807) is 66.7 Å². The summed E-state index contributed by atoms with van der Waals surface area (Å²) in [5.41, 5.74) is 24.8. The number of morpholine rings is 4. The van der Waals surface area contributed by atoms with Crippen LogP contribution in [0.4, 0.5) is 16.1 Å². The summed E-state index contributed by atoms with van der Waals surface area (Å²) < 4.78 is 52.0. The summed E-state index contributed by atoms with van der Waals surface area (Å²) in [6.07, 6.45) is 11.6. The van der Waals surface area contributed by atoms with E-state index in [9.17, 15) is 33.6 Å². The summed E-state index contributed by atoms with van der Waals surface area (Å²) in [5, 5.41) is 62.5. The standard InChI is InChI=1S/C32H37N7O4S.C18H24N6OS.C15H21NO4.C14H19NO4.2C9H10O3.C6H12ClNO.CH4.Li.2H2O/c40-29(22-24-7-2-1-3-8-24)33-28-14-13-26(35-36-28)10-4-5-12-31-37-38-32(44-31)34-30(41)23-25-9-6-11-27(21-25)43-20-17-39-15-18-42-19-16-39;19-14(8-4-5-9-17-23-24-18(21)26-17)10-11-15(20)22-16(25)12-13-6-2-1-3-7-13;1-18-15(17)12-13-3-2-4-14(11-13)20-10-7-16-5-8-19-9-6-16;16-14(17)11-12-2-1-3-13(10-12)19-9-6-15-4-7-18-8-5-15;2*1-12-9(11)6-7-3-2-4-8(10)5-7;7-1-2-8-3-5-9-6-4-8;;;;/h1-3,6-9,11,13-14,21H,4-5,10,12,15-20,22-23H2,(H,33,36,40)(H,34,38,41);1-3,6-7,10-11H,4-5,8-9,12,19-20H2,(H2,21,24)(H,22,25);2-4,11H,5-10,12H2,1H3;1-3,10H,4-9,11H2,(H,16,17);2*2-5,10H,6H2,1H3;1-6H2;1H4;;2*1H2/q;;;;;;;;+1;;/p-1/b;14-10-,15-11+;;;;;;;;;. The Morgan fingerprint density at radius 2 is 0.801 bits per heavy atom. The van der Waals surface area contributed by atoms with Gasteiger partial charge in [-0.25, -0.2) is 0 Å². The zero-order valence-corrected chi connectivity index (χ0v) is 85.2. The molecule has 42 heteroatoms. The Hall–Kier alpha value is -12.6. The molecule has 0 aliphatic carbocycles. The molecule has 7 heterocycles. The number of halogens is 1. The Labute approximate surface area is 879 Å². The summed E-state index contributed by atoms with van der Waals surface area (Å²) >= 11 is 8.36. The van der Waals surface area contributed by atoms with E-state index >= 15 is 0 Å². The van der Waals surface area contributed by atoms with Crippen molar-refractivity contribution in [1.29, 1.82) is 0 Å². The number of nitrogen functional groups attached to an aromatic ring is 1. The number of anilines is 3. The van der Waals surface area contributed by atoms with Crippen LogP contribution in [0, 0.1) is 0 Å². The average molecular weight is 2070 g/mol. The first-order valence-electron chi connectivity index (χ1n) is 47.0. The molecule has 0 bridgehead atoms. The molecule has 4 fully saturated rings. The summed E-state index contributed by atoms with van der Waals surface area (Å²) in [5.74, 6) is 1.96. The SMILES string of the molecule is C.COC(=O)Cc1cccc(O)c1.COC(=O)Cc1cccc(O)c1.COC(=O)Cc1cccc(OCCN2CCOCC2)c1.ClCCN1CCOCC1.N/C(=C\C=C(/N)NC(=O)Cc1ccccc1)CCCCc1nnc(N)s1.O.O=C(Cc1ccccc1)Nc1ccc(CCCCc2nnc(NC(=O)Cc3cccc(OCCN4CCOCC4)c3)s2)nn1.O=C(O)Cc1cccc(OCCN2CCOCC2)c1.[Li+].[OH-]. The van der Waals surface area contributed by atoms with Crippen molar-refractivity contribution in [2.45, 2.75) is 104 Å². The topological polar surface area (TPSA) is 538 Å². The van der Waals surface area contributed by atoms with Gasteiger partial charge in [-0.1, -0.05) is 151 Å². The minimum Gasteiger partial charge on any atom is -0.870 e. The Morgan fingerprint density at radius 1 is 0.425 bits per heavy atom. The molecule has 4 aliphatic rings. The number of methoxy groups -OCH3 is 3. The smallest absolute Gasteiger partial charge is 0.870 e. The van der Waals surface area contributed by atoms with Crippen molar-refractivity contribution in [3.05, 3.63) is 272 Å². The number of hydrogen-bond donors (Lipinski definition) is 9. The van der Waals surface area contributed by atoms with Gasteiger partial charge in [0.2, 0.25) is 28.0 Å². The van der Waals surface area contributed by atoms with Gasteiger partial charge in [-0.3, -0.25) is 53.2 Å². The molecule has 0 spiro atoms. The number of ether oxygens (including phenoxy) is 10. The van der Waals surface area contributed by atoms with Crippen LogP contribution in [0.5, 0.6) is 28.7 Å². The van der Waals surface area contributed by atoms with Gasteiger partial charge in [-0.2, -0.15) is 5.10 Å². The van der Waals surface area contributed by atoms with E-state index in [0.29, 0.717) is 48.0 Å². The van der Waals surface area contributed by atoms with Gasteiger partial charge in [0.25, 0.3) is 0 Å². The molecule has 7 aromatic carbocycles. The second-order valence-corrected chi connectivity index (χ2v) is 35.1. The van der Waals surface area contributed by atoms with E-state index in [1.807, 2.05) is 127 Å². The van der Waals surface area contributed by atoms with Crippen LogP contribution in [0.1, 0.15) is 94.2 Å². The number of carboxylic acids is 1. The van der Waals surface area contributed by atoms with Gasteiger partial charge in [-0.05, 0) is 162 Å². The minimum absolute atomic E-state index is 0. The summed E-state index contributed by atoms with van der Waals surface area (Å²) in [6, 6.07) is 58.3. The second kappa shape index (κ2) is 75.2. The van der Waals surface area contributed by atoms with Crippen LogP contribution in [0.15, 0.2) is 218 Å². The Bertz CT molecular complexity index is 5350. The molecule has 4 aliphatic heterocycles. The van der Waals surface area contributed by atoms with Gasteiger partial charge in [0.1, 0.15) is 64.4 Å². The van der Waals surface area contributed by atoms with E-state index in [-0.39, 0.29) is 129 Å². The number of unbranched alkanes of at least 4 members (excludes halogenated alkanes) is 2. The molecular weight excluding hydrogens is 1930 g/mol. The van der Waals surface area contributed by atoms with Crippen LogP contribution in [-0.4, -0.2) is 296 Å². The van der Waals surface area contributed by atoms with E-state index < -0.39 is 5.97 Å². The van der Waals surface area contributed by atoms with Gasteiger partial charge in [0.05, 0.1) is 125 Å². The number of esters is 3. The number of nitrogens with zero attached hydrogens (tertiary/aromatic N) is 10. The van der Waals surface area contributed by atoms with Gasteiger partial charge in [0.15, 0.2) is 5.82 Å². The molecule has 0 radical (unpaired) electrons. The fourth-order valence-corrected chi connectivity index (χ4v) is 15.6. The quantitative estimate of drug-likeness (QED) is 0.00450. The molecule has 0 unspecified atom stereocenters. The molecule has 15 N–H and O–H groups in total. The predicted molar refractivity (Wildman–Crippen MR) is 557 cm³/mol. The zero-order chi connectivity index (χ0) is 101. The van der Waals surface area contributed by atoms with Crippen molar-refractivity contribution in [2.75, 3.05) is 195 Å². The van der Waals surface area contributed by atoms with Gasteiger partial charge in [-0.15, -0.1) is 37.1 Å². The van der Waals surface area contributed by atoms with Crippen molar-refractivity contribution >= 4 is 92.0 Å². The van der Waals surface area contributed by atoms with Crippen molar-refractivity contribution in [3.8, 4) is 28.7 Å². The number of carbonyl (C=O) groups excluding carboxylic acids is 6. The van der Waals surface area contributed by atoms with Crippen molar-refractivity contribution in [3.63, 3.8) is 0 Å².